The Kier molecular flexibility index (Phi) is 3.73. The van der Waals surface area contributed by atoms with Crippen LogP contribution in [-0.4, -0.2) is 8.07 Å². The van der Waals surface area contributed by atoms with Crippen molar-refractivity contribution in [2.24, 2.45) is 0 Å². The molecule has 0 amide bonds. The van der Waals surface area contributed by atoms with Gasteiger partial charge in [0, 0.05) is 0 Å². The highest BCUT2D eigenvalue weighted by Gasteiger charge is 2.20. The topological polar surface area (TPSA) is 0 Å². The van der Waals surface area contributed by atoms with E-state index in [0.717, 1.165) is 0 Å². The van der Waals surface area contributed by atoms with Crippen molar-refractivity contribution in [3.8, 4) is 0 Å². The van der Waals surface area contributed by atoms with Crippen LogP contribution in [0, 0.1) is 0 Å². The maximum atomic E-state index is 3.96. The zero-order valence-corrected chi connectivity index (χ0v) is 9.84. The normalized spacial score (nSPS) is 25.2. The van der Waals surface area contributed by atoms with Crippen molar-refractivity contribution in [3.05, 3.63) is 35.7 Å². The number of hydrogen-bond acceptors (Lipinski definition) is 0. The van der Waals surface area contributed by atoms with E-state index in [2.05, 4.69) is 43.6 Å². The molecule has 72 valence electrons. The number of allylic oxidation sites excluding steroid dienone is 4. The third kappa shape index (κ3) is 3.00. The zero-order valence-electron chi connectivity index (χ0n) is 8.84. The molecule has 0 N–H and O–H groups in total. The Labute approximate surface area is 83.1 Å². The highest BCUT2D eigenvalue weighted by Crippen LogP contribution is 2.23. The lowest BCUT2D eigenvalue weighted by Gasteiger charge is -2.22. The quantitative estimate of drug-likeness (QED) is 0.458. The second-order valence-corrected chi connectivity index (χ2v) is 8.74. The van der Waals surface area contributed by atoms with Crippen LogP contribution >= 0.6 is 0 Å². The molecule has 0 nitrogen and oxygen atoms in total. The molecule has 0 saturated heterocycles. The average molecular weight is 192 g/mol. The highest BCUT2D eigenvalue weighted by atomic mass is 28.3. The van der Waals surface area contributed by atoms with Gasteiger partial charge in [-0.15, -0.1) is 6.58 Å². The summed E-state index contributed by atoms with van der Waals surface area (Å²) in [5.74, 6) is 0. The summed E-state index contributed by atoms with van der Waals surface area (Å²) in [5.41, 5.74) is 2.20. The molecule has 0 radical (unpaired) electrons. The van der Waals surface area contributed by atoms with E-state index in [1.165, 1.54) is 25.7 Å². The Hall–Kier alpha value is -0.563. The summed E-state index contributed by atoms with van der Waals surface area (Å²) in [6, 6.07) is 0. The molecule has 0 fully saturated rings. The second-order valence-electron chi connectivity index (χ2n) is 4.24. The van der Waals surface area contributed by atoms with Gasteiger partial charge in [-0.25, -0.2) is 0 Å². The Morgan fingerprint density at radius 1 is 1.23 bits per heavy atom. The molecule has 0 aromatic heterocycles. The molecule has 0 spiro atoms. The molecule has 0 saturated carbocycles. The number of rotatable bonds is 2. The first-order valence-corrected chi connectivity index (χ1v) is 8.22. The Bertz CT molecular complexity index is 234. The van der Waals surface area contributed by atoms with Crippen molar-refractivity contribution in [1.29, 1.82) is 0 Å². The maximum absolute atomic E-state index is 3.96. The fraction of sp³-hybridized carbons (Fsp3) is 0.500. The van der Waals surface area contributed by atoms with Crippen molar-refractivity contribution in [3.63, 3.8) is 0 Å². The predicted molar refractivity (Wildman–Crippen MR) is 63.4 cm³/mol. The molecule has 1 rings (SSSR count). The highest BCUT2D eigenvalue weighted by molar-refractivity contribution is 6.88. The molecule has 0 aromatic carbocycles. The van der Waals surface area contributed by atoms with Gasteiger partial charge in [0.1, 0.15) is 0 Å². The van der Waals surface area contributed by atoms with Crippen LogP contribution in [0.2, 0.25) is 13.1 Å². The first-order chi connectivity index (χ1) is 6.17. The average Bonchev–Trinajstić information content (AvgIpc) is 2.03. The molecule has 1 aliphatic carbocycles. The molecule has 0 bridgehead atoms. The minimum Gasteiger partial charge on any atom is -0.107 e. The van der Waals surface area contributed by atoms with Crippen LogP contribution in [0.15, 0.2) is 35.7 Å². The van der Waals surface area contributed by atoms with Crippen LogP contribution < -0.4 is 0 Å². The van der Waals surface area contributed by atoms with Crippen molar-refractivity contribution in [2.45, 2.75) is 38.8 Å². The summed E-state index contributed by atoms with van der Waals surface area (Å²) in [6.45, 7) is 8.74. The van der Waals surface area contributed by atoms with Gasteiger partial charge in [-0.1, -0.05) is 42.2 Å². The van der Waals surface area contributed by atoms with Crippen molar-refractivity contribution < 1.29 is 0 Å². The zero-order chi connectivity index (χ0) is 9.73. The van der Waals surface area contributed by atoms with Gasteiger partial charge in [-0.05, 0) is 25.7 Å². The SMILES string of the molecule is C=C[Si](C)(C)/C1=C/CC/C=C\CC1. The molecule has 0 heterocycles. The van der Waals surface area contributed by atoms with Crippen molar-refractivity contribution >= 4 is 8.07 Å². The van der Waals surface area contributed by atoms with Crippen LogP contribution in [0.5, 0.6) is 0 Å². The summed E-state index contributed by atoms with van der Waals surface area (Å²) in [6.07, 6.45) is 12.0. The summed E-state index contributed by atoms with van der Waals surface area (Å²) < 4.78 is 0. The van der Waals surface area contributed by atoms with E-state index >= 15 is 0 Å². The van der Waals surface area contributed by atoms with E-state index in [9.17, 15) is 0 Å². The summed E-state index contributed by atoms with van der Waals surface area (Å²) in [7, 11) is -1.24. The van der Waals surface area contributed by atoms with E-state index in [1.54, 1.807) is 5.20 Å². The van der Waals surface area contributed by atoms with Crippen LogP contribution in [0.4, 0.5) is 0 Å². The fourth-order valence-electron chi connectivity index (χ4n) is 1.65. The van der Waals surface area contributed by atoms with Gasteiger partial charge in [0.25, 0.3) is 0 Å². The predicted octanol–water partition coefficient (Wildman–Crippen LogP) is 4.02. The first kappa shape index (κ1) is 10.5. The standard InChI is InChI=1S/C12H20Si/c1-4-13(2,3)12-10-8-6-5-7-9-11-12/h4-6,11H,1,7-10H2,2-3H3/b6-5-,12-11+. The van der Waals surface area contributed by atoms with Crippen LogP contribution in [0.3, 0.4) is 0 Å². The summed E-state index contributed by atoms with van der Waals surface area (Å²) >= 11 is 0. The fourth-order valence-corrected chi connectivity index (χ4v) is 3.37. The van der Waals surface area contributed by atoms with Crippen LogP contribution in [-0.2, 0) is 0 Å². The Morgan fingerprint density at radius 3 is 2.62 bits per heavy atom. The third-order valence-corrected chi connectivity index (χ3v) is 5.94. The summed E-state index contributed by atoms with van der Waals surface area (Å²) in [4.78, 5) is 0. The number of hydrogen-bond donors (Lipinski definition) is 0. The first-order valence-electron chi connectivity index (χ1n) is 5.15. The van der Waals surface area contributed by atoms with Gasteiger partial charge in [-0.3, -0.25) is 0 Å². The van der Waals surface area contributed by atoms with E-state index in [4.69, 9.17) is 0 Å². The van der Waals surface area contributed by atoms with Crippen LogP contribution in [0.25, 0.3) is 0 Å². The largest absolute Gasteiger partial charge is 0.107 e. The molecule has 0 aromatic rings. The van der Waals surface area contributed by atoms with Gasteiger partial charge in [0.15, 0.2) is 0 Å². The molecule has 1 heteroatoms. The van der Waals surface area contributed by atoms with Crippen molar-refractivity contribution in [1.82, 2.24) is 0 Å². The monoisotopic (exact) mass is 192 g/mol. The Morgan fingerprint density at radius 2 is 1.92 bits per heavy atom. The van der Waals surface area contributed by atoms with Gasteiger partial charge in [-0.2, -0.15) is 0 Å². The van der Waals surface area contributed by atoms with E-state index in [-0.39, 0.29) is 0 Å². The molecule has 0 unspecified atom stereocenters. The second kappa shape index (κ2) is 4.61. The van der Waals surface area contributed by atoms with Crippen LogP contribution in [0.1, 0.15) is 25.7 Å². The van der Waals surface area contributed by atoms with Gasteiger partial charge in [0.05, 0.1) is 8.07 Å². The minimum atomic E-state index is -1.24. The third-order valence-electron chi connectivity index (χ3n) is 2.81. The molecule has 0 atom stereocenters. The molecule has 1 aliphatic rings. The molecule has 0 aliphatic heterocycles. The lowest BCUT2D eigenvalue weighted by Crippen LogP contribution is -2.26. The minimum absolute atomic E-state index is 1.21. The molecule has 13 heavy (non-hydrogen) atoms. The summed E-state index contributed by atoms with van der Waals surface area (Å²) in [5, 5.41) is 1.69. The van der Waals surface area contributed by atoms with Crippen molar-refractivity contribution in [2.75, 3.05) is 0 Å². The molecular formula is C12H20Si. The lowest BCUT2D eigenvalue weighted by atomic mass is 10.1. The van der Waals surface area contributed by atoms with Gasteiger partial charge < -0.3 is 0 Å². The van der Waals surface area contributed by atoms with E-state index in [0.29, 0.717) is 0 Å². The Balaban J connectivity index is 2.72. The lowest BCUT2D eigenvalue weighted by molar-refractivity contribution is 0.941. The van der Waals surface area contributed by atoms with E-state index in [1.807, 2.05) is 0 Å². The molecular weight excluding hydrogens is 172 g/mol. The van der Waals surface area contributed by atoms with Gasteiger partial charge in [0.2, 0.25) is 0 Å². The maximum Gasteiger partial charge on any atom is 0.0980 e. The van der Waals surface area contributed by atoms with Gasteiger partial charge >= 0.3 is 0 Å². The van der Waals surface area contributed by atoms with E-state index < -0.39 is 8.07 Å². The smallest absolute Gasteiger partial charge is 0.0980 e.